The van der Waals surface area contributed by atoms with E-state index >= 15 is 0 Å². The van der Waals surface area contributed by atoms with Gasteiger partial charge in [0.1, 0.15) is 15.2 Å². The Morgan fingerprint density at radius 2 is 1.19 bits per heavy atom. The van der Waals surface area contributed by atoms with Gasteiger partial charge in [0.25, 0.3) is 0 Å². The number of hydrogen-bond acceptors (Lipinski definition) is 11. The Bertz CT molecular complexity index is 1330. The maximum absolute atomic E-state index is 13.2. The van der Waals surface area contributed by atoms with Crippen molar-refractivity contribution in [1.82, 2.24) is 4.98 Å². The zero-order chi connectivity index (χ0) is 29.6. The van der Waals surface area contributed by atoms with E-state index in [1.54, 1.807) is 37.3 Å². The summed E-state index contributed by atoms with van der Waals surface area (Å²) in [4.78, 5) is 56.2. The first-order valence-electron chi connectivity index (χ1n) is 14.6. The fourth-order valence-corrected chi connectivity index (χ4v) is 7.49. The molecule has 224 valence electrons. The summed E-state index contributed by atoms with van der Waals surface area (Å²) in [7, 11) is 0. The van der Waals surface area contributed by atoms with Crippen LogP contribution in [0.1, 0.15) is 65.2 Å². The van der Waals surface area contributed by atoms with Crippen LogP contribution in [-0.2, 0) is 28.7 Å². The van der Waals surface area contributed by atoms with E-state index < -0.39 is 0 Å². The number of hydrogen-bond donors (Lipinski definition) is 0. The van der Waals surface area contributed by atoms with Crippen LogP contribution in [0.4, 0.5) is 0 Å². The molecule has 1 aromatic carbocycles. The first-order chi connectivity index (χ1) is 20.4. The van der Waals surface area contributed by atoms with Crippen LogP contribution in [0.2, 0.25) is 0 Å². The second-order valence-electron chi connectivity index (χ2n) is 10.7. The summed E-state index contributed by atoms with van der Waals surface area (Å²) >= 11 is 2.93. The van der Waals surface area contributed by atoms with Gasteiger partial charge >= 0.3 is 23.9 Å². The molecule has 2 aliphatic carbocycles. The second kappa shape index (κ2) is 13.8. The maximum Gasteiger partial charge on any atom is 0.314 e. The third kappa shape index (κ3) is 6.83. The molecule has 2 heterocycles. The summed E-state index contributed by atoms with van der Waals surface area (Å²) in [6.45, 7) is 4.27. The molecule has 0 amide bonds. The lowest BCUT2D eigenvalue weighted by molar-refractivity contribution is -0.151. The van der Waals surface area contributed by atoms with Crippen LogP contribution in [0.5, 0.6) is 11.5 Å². The van der Waals surface area contributed by atoms with Crippen LogP contribution < -0.4 is 9.47 Å². The van der Waals surface area contributed by atoms with Crippen LogP contribution in [0.3, 0.4) is 0 Å². The molecule has 3 aromatic rings. The summed E-state index contributed by atoms with van der Waals surface area (Å²) in [6.07, 6.45) is 4.58. The average Bonchev–Trinajstić information content (AvgIpc) is 3.70. The number of ether oxygens (including phenoxy) is 4. The Morgan fingerprint density at radius 1 is 0.714 bits per heavy atom. The number of carbonyl (C=O) groups is 4. The SMILES string of the molecule is CCOC(=O)C1CCC(C(=O)Oc2ccc(OC(=O)C3CCC(C(=O)OCC)CC3)c3sc(-c4cccs4)nc23)CC1. The van der Waals surface area contributed by atoms with Crippen molar-refractivity contribution in [3.8, 4) is 21.4 Å². The topological polar surface area (TPSA) is 118 Å². The predicted molar refractivity (Wildman–Crippen MR) is 158 cm³/mol. The van der Waals surface area contributed by atoms with E-state index in [0.29, 0.717) is 86.3 Å². The molecule has 2 aliphatic rings. The zero-order valence-electron chi connectivity index (χ0n) is 23.8. The molecule has 0 atom stereocenters. The molecule has 0 aliphatic heterocycles. The van der Waals surface area contributed by atoms with Crippen molar-refractivity contribution in [3.63, 3.8) is 0 Å². The number of benzene rings is 1. The largest absolute Gasteiger partial charge is 0.466 e. The van der Waals surface area contributed by atoms with Gasteiger partial charge in [-0.15, -0.1) is 22.7 Å². The van der Waals surface area contributed by atoms with Gasteiger partial charge in [0.15, 0.2) is 11.5 Å². The monoisotopic (exact) mass is 613 g/mol. The Kier molecular flexibility index (Phi) is 9.89. The number of nitrogens with zero attached hydrogens (tertiary/aromatic N) is 1. The molecular weight excluding hydrogens is 578 g/mol. The van der Waals surface area contributed by atoms with E-state index in [9.17, 15) is 19.2 Å². The van der Waals surface area contributed by atoms with E-state index in [0.717, 1.165) is 9.88 Å². The molecule has 0 radical (unpaired) electrons. The zero-order valence-corrected chi connectivity index (χ0v) is 25.4. The highest BCUT2D eigenvalue weighted by Gasteiger charge is 2.34. The quantitative estimate of drug-likeness (QED) is 0.195. The Hall–Kier alpha value is -3.31. The minimum atomic E-state index is -0.354. The van der Waals surface area contributed by atoms with Gasteiger partial charge < -0.3 is 18.9 Å². The van der Waals surface area contributed by atoms with E-state index in [1.165, 1.54) is 11.3 Å². The van der Waals surface area contributed by atoms with Gasteiger partial charge in [0, 0.05) is 0 Å². The number of fused-ring (bicyclic) bond motifs is 1. The van der Waals surface area contributed by atoms with Crippen molar-refractivity contribution in [2.75, 3.05) is 13.2 Å². The molecule has 0 N–H and O–H groups in total. The Morgan fingerprint density at radius 3 is 1.67 bits per heavy atom. The smallest absolute Gasteiger partial charge is 0.314 e. The van der Waals surface area contributed by atoms with E-state index in [4.69, 9.17) is 23.9 Å². The molecule has 2 aromatic heterocycles. The predicted octanol–water partition coefficient (Wildman–Crippen LogP) is 6.57. The van der Waals surface area contributed by atoms with Crippen molar-refractivity contribution >= 4 is 56.8 Å². The molecule has 0 spiro atoms. The Balaban J connectivity index is 1.30. The number of aromatic nitrogens is 1. The minimum Gasteiger partial charge on any atom is -0.466 e. The first kappa shape index (κ1) is 30.2. The van der Waals surface area contributed by atoms with Gasteiger partial charge in [0.05, 0.1) is 41.8 Å². The normalized spacial score (nSPS) is 22.3. The first-order valence-corrected chi connectivity index (χ1v) is 16.3. The van der Waals surface area contributed by atoms with E-state index in [-0.39, 0.29) is 47.5 Å². The molecule has 42 heavy (non-hydrogen) atoms. The van der Waals surface area contributed by atoms with Crippen molar-refractivity contribution in [3.05, 3.63) is 29.6 Å². The van der Waals surface area contributed by atoms with Crippen molar-refractivity contribution in [2.45, 2.75) is 65.2 Å². The van der Waals surface area contributed by atoms with Crippen LogP contribution in [0, 0.1) is 23.7 Å². The molecule has 11 heteroatoms. The summed E-state index contributed by atoms with van der Waals surface area (Å²) in [5.74, 6) is -1.39. The molecule has 9 nitrogen and oxygen atoms in total. The number of rotatable bonds is 9. The van der Waals surface area contributed by atoms with Gasteiger partial charge in [0.2, 0.25) is 0 Å². The van der Waals surface area contributed by atoms with Crippen LogP contribution in [0.25, 0.3) is 20.1 Å². The fourth-order valence-electron chi connectivity index (χ4n) is 5.66. The lowest BCUT2D eigenvalue weighted by Crippen LogP contribution is -2.29. The Labute approximate surface area is 252 Å². The number of esters is 4. The van der Waals surface area contributed by atoms with Crippen molar-refractivity contribution < 1.29 is 38.1 Å². The minimum absolute atomic E-state index is 0.176. The fraction of sp³-hybridized carbons (Fsp3) is 0.516. The van der Waals surface area contributed by atoms with Crippen LogP contribution in [0.15, 0.2) is 29.6 Å². The summed E-state index contributed by atoms with van der Waals surface area (Å²) in [6, 6.07) is 7.18. The molecule has 0 unspecified atom stereocenters. The second-order valence-corrected chi connectivity index (χ2v) is 12.6. The molecular formula is C31H35NO8S2. The van der Waals surface area contributed by atoms with Crippen molar-refractivity contribution in [1.29, 1.82) is 0 Å². The lowest BCUT2D eigenvalue weighted by Gasteiger charge is -2.26. The molecule has 5 rings (SSSR count). The molecule has 0 saturated heterocycles. The maximum atomic E-state index is 13.2. The van der Waals surface area contributed by atoms with Crippen LogP contribution in [-0.4, -0.2) is 42.1 Å². The lowest BCUT2D eigenvalue weighted by atomic mass is 9.82. The van der Waals surface area contributed by atoms with E-state index in [2.05, 4.69) is 0 Å². The molecule has 2 saturated carbocycles. The number of thiazole rings is 1. The third-order valence-corrected chi connectivity index (χ3v) is 10.1. The molecule has 2 fully saturated rings. The molecule has 0 bridgehead atoms. The van der Waals surface area contributed by atoms with Gasteiger partial charge in [-0.3, -0.25) is 19.2 Å². The van der Waals surface area contributed by atoms with Gasteiger partial charge in [-0.2, -0.15) is 0 Å². The highest BCUT2D eigenvalue weighted by molar-refractivity contribution is 7.25. The number of thiophene rings is 1. The van der Waals surface area contributed by atoms with Crippen LogP contribution >= 0.6 is 22.7 Å². The number of carbonyl (C=O) groups excluding carboxylic acids is 4. The highest BCUT2D eigenvalue weighted by atomic mass is 32.1. The average molecular weight is 614 g/mol. The van der Waals surface area contributed by atoms with Crippen molar-refractivity contribution in [2.24, 2.45) is 23.7 Å². The van der Waals surface area contributed by atoms with E-state index in [1.807, 2.05) is 17.5 Å². The standard InChI is InChI=1S/C31H35NO8S2/c1-3-37-28(33)18-7-11-20(12-8-18)30(35)39-22-15-16-23(26-25(22)32-27(42-26)24-6-5-17-41-24)40-31(36)21-13-9-19(10-14-21)29(34)38-4-2/h5-6,15-21H,3-4,7-14H2,1-2H3. The summed E-state index contributed by atoms with van der Waals surface area (Å²) < 4.78 is 22.7. The summed E-state index contributed by atoms with van der Waals surface area (Å²) in [5.41, 5.74) is 0.466. The third-order valence-electron chi connectivity index (χ3n) is 7.98. The van der Waals surface area contributed by atoms with Gasteiger partial charge in [-0.1, -0.05) is 6.07 Å². The summed E-state index contributed by atoms with van der Waals surface area (Å²) in [5, 5.41) is 2.70. The highest BCUT2D eigenvalue weighted by Crippen LogP contribution is 2.43. The van der Waals surface area contributed by atoms with Gasteiger partial charge in [-0.25, -0.2) is 4.98 Å². The van der Waals surface area contributed by atoms with Gasteiger partial charge in [-0.05, 0) is 88.8 Å².